The number of halogens is 1. The maximum atomic E-state index is 12.6. The summed E-state index contributed by atoms with van der Waals surface area (Å²) in [6.45, 7) is 1.79. The van der Waals surface area contributed by atoms with E-state index in [1.54, 1.807) is 23.1 Å². The minimum absolute atomic E-state index is 0.0887. The minimum Gasteiger partial charge on any atom is -0.370 e. The Balaban J connectivity index is 1.30. The van der Waals surface area contributed by atoms with Gasteiger partial charge >= 0.3 is 0 Å². The molecule has 0 bridgehead atoms. The lowest BCUT2D eigenvalue weighted by Crippen LogP contribution is -2.43. The predicted octanol–water partition coefficient (Wildman–Crippen LogP) is 4.78. The molecule has 0 aliphatic carbocycles. The molecule has 2 heterocycles. The van der Waals surface area contributed by atoms with Crippen molar-refractivity contribution in [3.8, 4) is 0 Å². The fraction of sp³-hybridized carbons (Fsp3) is 0.300. The van der Waals surface area contributed by atoms with Crippen molar-refractivity contribution in [2.45, 2.75) is 11.9 Å². The molecule has 0 radical (unpaired) electrons. The van der Waals surface area contributed by atoms with Gasteiger partial charge in [-0.15, -0.1) is 23.1 Å². The Labute approximate surface area is 171 Å². The van der Waals surface area contributed by atoms with E-state index in [1.165, 1.54) is 4.70 Å². The summed E-state index contributed by atoms with van der Waals surface area (Å²) in [6.07, 6.45) is -0.0887. The standard InChI is InChI=1S/C20H19ClN2O2S2/c21-15-7-5-14(6-8-15)17-11-23(9-10-25-17)20(24)13-26-12-19-22-16-3-1-2-4-18(16)27-19/h1-8,17H,9-13H2. The number of aromatic nitrogens is 1. The summed E-state index contributed by atoms with van der Waals surface area (Å²) in [5.74, 6) is 1.38. The van der Waals surface area contributed by atoms with Crippen LogP contribution in [0.25, 0.3) is 10.2 Å². The summed E-state index contributed by atoms with van der Waals surface area (Å²) in [6, 6.07) is 15.8. The van der Waals surface area contributed by atoms with Gasteiger partial charge in [0.25, 0.3) is 0 Å². The zero-order chi connectivity index (χ0) is 18.6. The first-order chi connectivity index (χ1) is 13.2. The molecule has 1 aliphatic heterocycles. The van der Waals surface area contributed by atoms with Gasteiger partial charge in [0.2, 0.25) is 5.91 Å². The third-order valence-corrected chi connectivity index (χ3v) is 6.85. The number of nitrogens with zero attached hydrogens (tertiary/aromatic N) is 2. The van der Waals surface area contributed by atoms with E-state index in [-0.39, 0.29) is 12.0 Å². The quantitative estimate of drug-likeness (QED) is 0.597. The monoisotopic (exact) mass is 418 g/mol. The van der Waals surface area contributed by atoms with Crippen LogP contribution in [0.5, 0.6) is 0 Å². The molecule has 1 amide bonds. The van der Waals surface area contributed by atoms with Crippen molar-refractivity contribution in [3.05, 3.63) is 64.1 Å². The third-order valence-electron chi connectivity index (χ3n) is 4.45. The van der Waals surface area contributed by atoms with Gasteiger partial charge in [-0.3, -0.25) is 4.79 Å². The number of fused-ring (bicyclic) bond motifs is 1. The highest BCUT2D eigenvalue weighted by molar-refractivity contribution is 7.99. The van der Waals surface area contributed by atoms with Crippen LogP contribution in [0.4, 0.5) is 0 Å². The van der Waals surface area contributed by atoms with Crippen LogP contribution in [-0.4, -0.2) is 41.2 Å². The number of carbonyl (C=O) groups is 1. The van der Waals surface area contributed by atoms with Gasteiger partial charge < -0.3 is 9.64 Å². The molecule has 0 spiro atoms. The molecule has 7 heteroatoms. The summed E-state index contributed by atoms with van der Waals surface area (Å²) in [5, 5.41) is 1.77. The molecule has 1 aliphatic rings. The predicted molar refractivity (Wildman–Crippen MR) is 113 cm³/mol. The molecule has 140 valence electrons. The van der Waals surface area contributed by atoms with E-state index in [2.05, 4.69) is 11.1 Å². The molecular weight excluding hydrogens is 400 g/mol. The topological polar surface area (TPSA) is 42.4 Å². The Morgan fingerprint density at radius 1 is 1.26 bits per heavy atom. The number of rotatable bonds is 5. The molecule has 27 heavy (non-hydrogen) atoms. The van der Waals surface area contributed by atoms with Gasteiger partial charge in [0, 0.05) is 17.3 Å². The zero-order valence-electron chi connectivity index (χ0n) is 14.6. The number of carbonyl (C=O) groups excluding carboxylic acids is 1. The summed E-state index contributed by atoms with van der Waals surface area (Å²) in [7, 11) is 0. The molecular formula is C20H19ClN2O2S2. The summed E-state index contributed by atoms with van der Waals surface area (Å²) < 4.78 is 7.03. The van der Waals surface area contributed by atoms with Gasteiger partial charge in [-0.05, 0) is 29.8 Å². The van der Waals surface area contributed by atoms with Gasteiger partial charge in [-0.1, -0.05) is 35.9 Å². The largest absolute Gasteiger partial charge is 0.370 e. The van der Waals surface area contributed by atoms with E-state index < -0.39 is 0 Å². The number of ether oxygens (including phenoxy) is 1. The molecule has 1 atom stereocenters. The number of hydrogen-bond donors (Lipinski definition) is 0. The molecule has 1 saturated heterocycles. The lowest BCUT2D eigenvalue weighted by Gasteiger charge is -2.33. The van der Waals surface area contributed by atoms with E-state index in [0.29, 0.717) is 30.5 Å². The van der Waals surface area contributed by atoms with E-state index >= 15 is 0 Å². The van der Waals surface area contributed by atoms with E-state index in [0.717, 1.165) is 21.8 Å². The van der Waals surface area contributed by atoms with Crippen LogP contribution in [0.1, 0.15) is 16.7 Å². The molecule has 1 unspecified atom stereocenters. The normalized spacial score (nSPS) is 17.4. The highest BCUT2D eigenvalue weighted by atomic mass is 35.5. The maximum Gasteiger partial charge on any atom is 0.232 e. The number of benzene rings is 2. The second-order valence-corrected chi connectivity index (χ2v) is 8.86. The second kappa shape index (κ2) is 8.61. The number of thioether (sulfide) groups is 1. The minimum atomic E-state index is -0.0887. The van der Waals surface area contributed by atoms with Crippen LogP contribution in [0.15, 0.2) is 48.5 Å². The van der Waals surface area contributed by atoms with Gasteiger partial charge in [0.15, 0.2) is 0 Å². The van der Waals surface area contributed by atoms with E-state index in [9.17, 15) is 4.79 Å². The van der Waals surface area contributed by atoms with E-state index in [1.807, 2.05) is 47.4 Å². The van der Waals surface area contributed by atoms with Crippen molar-refractivity contribution < 1.29 is 9.53 Å². The summed E-state index contributed by atoms with van der Waals surface area (Å²) in [4.78, 5) is 19.1. The average Bonchev–Trinajstić information content (AvgIpc) is 3.11. The number of hydrogen-bond acceptors (Lipinski definition) is 5. The number of thiazole rings is 1. The molecule has 4 rings (SSSR count). The smallest absolute Gasteiger partial charge is 0.232 e. The first kappa shape index (κ1) is 18.7. The van der Waals surface area contributed by atoms with Crippen molar-refractivity contribution in [1.29, 1.82) is 0 Å². The highest BCUT2D eigenvalue weighted by Gasteiger charge is 2.25. The first-order valence-electron chi connectivity index (χ1n) is 8.76. The highest BCUT2D eigenvalue weighted by Crippen LogP contribution is 2.26. The van der Waals surface area contributed by atoms with E-state index in [4.69, 9.17) is 16.3 Å². The van der Waals surface area contributed by atoms with Gasteiger partial charge in [0.05, 0.1) is 29.1 Å². The van der Waals surface area contributed by atoms with Crippen LogP contribution in [0.2, 0.25) is 5.02 Å². The van der Waals surface area contributed by atoms with Crippen LogP contribution in [-0.2, 0) is 15.3 Å². The fourth-order valence-corrected chi connectivity index (χ4v) is 5.13. The molecule has 4 nitrogen and oxygen atoms in total. The van der Waals surface area contributed by atoms with Crippen LogP contribution < -0.4 is 0 Å². The molecule has 0 N–H and O–H groups in total. The average molecular weight is 419 g/mol. The first-order valence-corrected chi connectivity index (χ1v) is 11.1. The van der Waals surface area contributed by atoms with Crippen LogP contribution >= 0.6 is 34.7 Å². The van der Waals surface area contributed by atoms with Crippen molar-refractivity contribution in [3.63, 3.8) is 0 Å². The summed E-state index contributed by atoms with van der Waals surface area (Å²) in [5.41, 5.74) is 2.09. The van der Waals surface area contributed by atoms with Gasteiger partial charge in [-0.25, -0.2) is 4.98 Å². The van der Waals surface area contributed by atoms with Crippen molar-refractivity contribution in [2.24, 2.45) is 0 Å². The molecule has 0 saturated carbocycles. The van der Waals surface area contributed by atoms with Gasteiger partial charge in [-0.2, -0.15) is 0 Å². The maximum absolute atomic E-state index is 12.6. The Kier molecular flexibility index (Phi) is 5.98. The molecule has 3 aromatic rings. The molecule has 2 aromatic carbocycles. The SMILES string of the molecule is O=C(CSCc1nc2ccccc2s1)N1CCOC(c2ccc(Cl)cc2)C1. The Morgan fingerprint density at radius 3 is 2.89 bits per heavy atom. The fourth-order valence-electron chi connectivity index (χ4n) is 3.05. The number of amides is 1. The van der Waals surface area contributed by atoms with Gasteiger partial charge in [0.1, 0.15) is 11.1 Å². The summed E-state index contributed by atoms with van der Waals surface area (Å²) >= 11 is 9.27. The lowest BCUT2D eigenvalue weighted by molar-refractivity contribution is -0.136. The number of morpholine rings is 1. The second-order valence-electron chi connectivity index (χ2n) is 6.32. The van der Waals surface area contributed by atoms with Crippen LogP contribution in [0, 0.1) is 0 Å². The molecule has 1 fully saturated rings. The molecule has 1 aromatic heterocycles. The Bertz CT molecular complexity index is 896. The van der Waals surface area contributed by atoms with Crippen molar-refractivity contribution in [1.82, 2.24) is 9.88 Å². The van der Waals surface area contributed by atoms with Crippen molar-refractivity contribution >= 4 is 50.8 Å². The Morgan fingerprint density at radius 2 is 2.07 bits per heavy atom. The lowest BCUT2D eigenvalue weighted by atomic mass is 10.1. The zero-order valence-corrected chi connectivity index (χ0v) is 17.0. The van der Waals surface area contributed by atoms with Crippen molar-refractivity contribution in [2.75, 3.05) is 25.4 Å². The van der Waals surface area contributed by atoms with Crippen LogP contribution in [0.3, 0.4) is 0 Å². The third kappa shape index (κ3) is 4.63. The number of para-hydroxylation sites is 1. The Hall–Kier alpha value is -1.60.